The van der Waals surface area contributed by atoms with Crippen LogP contribution < -0.4 is 14.4 Å². The second kappa shape index (κ2) is 12.9. The van der Waals surface area contributed by atoms with E-state index in [1.165, 1.54) is 31.4 Å². The topological polar surface area (TPSA) is 123 Å². The molecular weight excluding hydrogens is 617 g/mol. The molecule has 2 fully saturated rings. The monoisotopic (exact) mass is 642 g/mol. The predicted octanol–water partition coefficient (Wildman–Crippen LogP) is 5.80. The molecule has 0 N–H and O–H groups in total. The van der Waals surface area contributed by atoms with E-state index in [4.69, 9.17) is 9.47 Å². The molecule has 0 aliphatic carbocycles. The lowest BCUT2D eigenvalue weighted by Crippen LogP contribution is -2.51. The number of ether oxygens (including phenoxy) is 2. The lowest BCUT2D eigenvalue weighted by molar-refractivity contribution is -0.385. The zero-order valence-electron chi connectivity index (χ0n) is 23.7. The Bertz CT molecular complexity index is 1680. The molecule has 0 spiro atoms. The first-order valence-electron chi connectivity index (χ1n) is 13.5. The lowest BCUT2D eigenvalue weighted by atomic mass is 10.1. The molecule has 234 valence electrons. The maximum Gasteiger partial charge on any atom is 0.416 e. The number of piperazine rings is 1. The van der Waals surface area contributed by atoms with Gasteiger partial charge in [0.05, 0.1) is 22.5 Å². The van der Waals surface area contributed by atoms with Crippen molar-refractivity contribution in [1.82, 2.24) is 9.80 Å². The van der Waals surface area contributed by atoms with Crippen LogP contribution in [0.1, 0.15) is 11.1 Å². The van der Waals surface area contributed by atoms with Crippen LogP contribution in [0, 0.1) is 10.1 Å². The summed E-state index contributed by atoms with van der Waals surface area (Å²) >= 11 is 0.672. The van der Waals surface area contributed by atoms with Crippen molar-refractivity contribution < 1.29 is 42.0 Å². The van der Waals surface area contributed by atoms with Crippen LogP contribution in [0.3, 0.4) is 0 Å². The highest BCUT2D eigenvalue weighted by molar-refractivity contribution is 8.18. The fourth-order valence-corrected chi connectivity index (χ4v) is 5.61. The van der Waals surface area contributed by atoms with E-state index in [9.17, 15) is 37.7 Å². The van der Waals surface area contributed by atoms with Crippen molar-refractivity contribution in [3.8, 4) is 17.2 Å². The Morgan fingerprint density at radius 1 is 0.978 bits per heavy atom. The van der Waals surface area contributed by atoms with Crippen LogP contribution in [0.4, 0.5) is 29.3 Å². The smallest absolute Gasteiger partial charge is 0.416 e. The number of rotatable bonds is 8. The number of para-hydroxylation sites is 1. The van der Waals surface area contributed by atoms with E-state index in [2.05, 4.69) is 4.90 Å². The molecule has 0 saturated carbocycles. The Kier molecular flexibility index (Phi) is 8.99. The Balaban J connectivity index is 1.26. The van der Waals surface area contributed by atoms with Crippen LogP contribution >= 0.6 is 11.8 Å². The highest BCUT2D eigenvalue weighted by Crippen LogP contribution is 2.41. The van der Waals surface area contributed by atoms with Gasteiger partial charge in [-0.15, -0.1) is 0 Å². The van der Waals surface area contributed by atoms with Crippen molar-refractivity contribution in [3.63, 3.8) is 0 Å². The number of anilines is 1. The molecule has 0 unspecified atom stereocenters. The number of nitro groups is 1. The van der Waals surface area contributed by atoms with Crippen molar-refractivity contribution in [2.75, 3.05) is 44.7 Å². The maximum atomic E-state index is 13.1. The molecule has 2 saturated heterocycles. The molecule has 3 aromatic carbocycles. The van der Waals surface area contributed by atoms with Gasteiger partial charge in [-0.25, -0.2) is 0 Å². The van der Waals surface area contributed by atoms with Crippen molar-refractivity contribution in [3.05, 3.63) is 92.9 Å². The molecule has 2 heterocycles. The van der Waals surface area contributed by atoms with E-state index >= 15 is 0 Å². The SMILES string of the molecule is COc1cc(/C=C2/SC(=O)N(CC(=O)N3CCN(c4ccccc4)CC3)C2=O)ccc1Oc1ccc(C(F)(F)F)cc1[N+](=O)[O-]. The zero-order valence-corrected chi connectivity index (χ0v) is 24.5. The average Bonchev–Trinajstić information content (AvgIpc) is 3.28. The summed E-state index contributed by atoms with van der Waals surface area (Å²) in [5.41, 5.74) is -0.643. The number of thioether (sulfide) groups is 1. The number of imide groups is 1. The van der Waals surface area contributed by atoms with Gasteiger partial charge in [-0.1, -0.05) is 24.3 Å². The Labute approximate surface area is 258 Å². The van der Waals surface area contributed by atoms with Gasteiger partial charge >= 0.3 is 11.9 Å². The number of halogens is 3. The normalized spacial score (nSPS) is 16.4. The first-order valence-corrected chi connectivity index (χ1v) is 14.3. The van der Waals surface area contributed by atoms with Crippen LogP contribution in [-0.4, -0.2) is 71.6 Å². The largest absolute Gasteiger partial charge is 0.493 e. The van der Waals surface area contributed by atoms with E-state index in [0.717, 1.165) is 16.7 Å². The van der Waals surface area contributed by atoms with Gasteiger partial charge in [0.25, 0.3) is 11.1 Å². The molecule has 0 bridgehead atoms. The highest BCUT2D eigenvalue weighted by atomic mass is 32.2. The second-order valence-electron chi connectivity index (χ2n) is 9.92. The molecule has 45 heavy (non-hydrogen) atoms. The van der Waals surface area contributed by atoms with Crippen LogP contribution in [0.5, 0.6) is 17.2 Å². The predicted molar refractivity (Wildman–Crippen MR) is 159 cm³/mol. The number of alkyl halides is 3. The van der Waals surface area contributed by atoms with Crippen LogP contribution in [0.25, 0.3) is 6.08 Å². The summed E-state index contributed by atoms with van der Waals surface area (Å²) in [6.07, 6.45) is -3.37. The number of amides is 3. The Morgan fingerprint density at radius 3 is 2.31 bits per heavy atom. The van der Waals surface area contributed by atoms with Gasteiger partial charge in [-0.05, 0) is 59.8 Å². The van der Waals surface area contributed by atoms with Gasteiger partial charge in [0.15, 0.2) is 11.5 Å². The summed E-state index contributed by atoms with van der Waals surface area (Å²) in [5.74, 6) is -1.40. The number of carbonyl (C=O) groups is 3. The highest BCUT2D eigenvalue weighted by Gasteiger charge is 2.38. The number of carbonyl (C=O) groups excluding carboxylic acids is 3. The number of hydrogen-bond acceptors (Lipinski definition) is 9. The molecule has 3 amide bonds. The fraction of sp³-hybridized carbons (Fsp3) is 0.233. The number of methoxy groups -OCH3 is 1. The molecule has 11 nitrogen and oxygen atoms in total. The molecule has 15 heteroatoms. The van der Waals surface area contributed by atoms with Crippen LogP contribution in [0.2, 0.25) is 0 Å². The number of hydrogen-bond donors (Lipinski definition) is 0. The van der Waals surface area contributed by atoms with Crippen molar-refractivity contribution >= 4 is 46.3 Å². The average molecular weight is 643 g/mol. The van der Waals surface area contributed by atoms with E-state index in [-0.39, 0.29) is 22.3 Å². The van der Waals surface area contributed by atoms with E-state index < -0.39 is 45.8 Å². The van der Waals surface area contributed by atoms with E-state index in [0.29, 0.717) is 55.6 Å². The van der Waals surface area contributed by atoms with Gasteiger partial charge < -0.3 is 19.3 Å². The first-order chi connectivity index (χ1) is 21.4. The lowest BCUT2D eigenvalue weighted by Gasteiger charge is -2.36. The third kappa shape index (κ3) is 7.03. The zero-order chi connectivity index (χ0) is 32.3. The Hall–Kier alpha value is -5.05. The van der Waals surface area contributed by atoms with Crippen LogP contribution in [0.15, 0.2) is 71.6 Å². The molecule has 2 aliphatic heterocycles. The van der Waals surface area contributed by atoms with Gasteiger partial charge in [0.2, 0.25) is 11.7 Å². The quantitative estimate of drug-likeness (QED) is 0.170. The number of nitro benzene ring substituents is 1. The minimum absolute atomic E-state index is 0.0384. The molecular formula is C30H25F3N4O7S. The minimum Gasteiger partial charge on any atom is -0.493 e. The third-order valence-electron chi connectivity index (χ3n) is 7.11. The minimum atomic E-state index is -4.78. The van der Waals surface area contributed by atoms with Crippen molar-refractivity contribution in [2.45, 2.75) is 6.18 Å². The fourth-order valence-electron chi connectivity index (χ4n) is 4.78. The molecule has 3 aromatic rings. The maximum absolute atomic E-state index is 13.1. The summed E-state index contributed by atoms with van der Waals surface area (Å²) in [7, 11) is 1.28. The number of benzene rings is 3. The molecule has 0 aromatic heterocycles. The third-order valence-corrected chi connectivity index (χ3v) is 8.02. The van der Waals surface area contributed by atoms with Gasteiger partial charge in [-0.3, -0.25) is 29.4 Å². The molecule has 2 aliphatic rings. The van der Waals surface area contributed by atoms with Crippen LogP contribution in [-0.2, 0) is 15.8 Å². The summed E-state index contributed by atoms with van der Waals surface area (Å²) in [6.45, 7) is 1.74. The summed E-state index contributed by atoms with van der Waals surface area (Å²) < 4.78 is 50.0. The molecule has 5 rings (SSSR count). The van der Waals surface area contributed by atoms with Crippen molar-refractivity contribution in [1.29, 1.82) is 0 Å². The summed E-state index contributed by atoms with van der Waals surface area (Å²) in [6, 6.07) is 15.9. The van der Waals surface area contributed by atoms with E-state index in [1.54, 1.807) is 4.90 Å². The van der Waals surface area contributed by atoms with Gasteiger partial charge in [-0.2, -0.15) is 13.2 Å². The van der Waals surface area contributed by atoms with Gasteiger partial charge in [0, 0.05) is 37.9 Å². The first kappa shape index (κ1) is 31.4. The standard InChI is InChI=1S/C30H25F3N4O7S/c1-43-25-15-19(7-9-24(25)44-23-10-8-20(30(31,32)33)17-22(23)37(41)42)16-26-28(39)36(29(40)45-26)18-27(38)35-13-11-34(12-14-35)21-5-3-2-4-6-21/h2-10,15-17H,11-14,18H2,1H3/b26-16+. The second-order valence-corrected chi connectivity index (χ2v) is 10.9. The van der Waals surface area contributed by atoms with Crippen molar-refractivity contribution in [2.24, 2.45) is 0 Å². The Morgan fingerprint density at radius 2 is 1.67 bits per heavy atom. The molecule has 0 atom stereocenters. The summed E-state index contributed by atoms with van der Waals surface area (Å²) in [5, 5.41) is 10.8. The van der Waals surface area contributed by atoms with E-state index in [1.807, 2.05) is 30.3 Å². The number of nitrogens with zero attached hydrogens (tertiary/aromatic N) is 4. The van der Waals surface area contributed by atoms with Gasteiger partial charge in [0.1, 0.15) is 6.54 Å². The molecule has 0 radical (unpaired) electrons. The summed E-state index contributed by atoms with van der Waals surface area (Å²) in [4.78, 5) is 53.9.